The molecule has 17 heavy (non-hydrogen) atoms. The van der Waals surface area contributed by atoms with Gasteiger partial charge in [0.15, 0.2) is 0 Å². The smallest absolute Gasteiger partial charge is 0.237 e. The molecule has 0 aliphatic heterocycles. The first-order valence-corrected chi connectivity index (χ1v) is 6.17. The van der Waals surface area contributed by atoms with Gasteiger partial charge in [-0.05, 0) is 25.8 Å². The molecule has 0 spiro atoms. The Bertz CT molecular complexity index is 376. The van der Waals surface area contributed by atoms with Crippen LogP contribution >= 0.6 is 0 Å². The van der Waals surface area contributed by atoms with Crippen molar-refractivity contribution in [1.29, 1.82) is 0 Å². The monoisotopic (exact) mass is 234 g/mol. The number of nitrogens with one attached hydrogen (secondary N) is 1. The van der Waals surface area contributed by atoms with E-state index in [0.717, 1.165) is 18.4 Å². The lowest BCUT2D eigenvalue weighted by Gasteiger charge is -2.18. The van der Waals surface area contributed by atoms with E-state index in [1.54, 1.807) is 0 Å². The van der Waals surface area contributed by atoms with E-state index in [4.69, 9.17) is 5.73 Å². The van der Waals surface area contributed by atoms with Gasteiger partial charge in [-0.3, -0.25) is 4.79 Å². The van der Waals surface area contributed by atoms with Crippen molar-refractivity contribution >= 4 is 5.91 Å². The summed E-state index contributed by atoms with van der Waals surface area (Å²) in [4.78, 5) is 11.8. The van der Waals surface area contributed by atoms with Crippen molar-refractivity contribution in [1.82, 2.24) is 5.32 Å². The van der Waals surface area contributed by atoms with Crippen LogP contribution in [-0.4, -0.2) is 11.9 Å². The van der Waals surface area contributed by atoms with Crippen molar-refractivity contribution < 1.29 is 4.79 Å². The molecule has 0 saturated carbocycles. The van der Waals surface area contributed by atoms with Gasteiger partial charge in [0.25, 0.3) is 0 Å². The molecule has 1 amide bonds. The number of hydrogen-bond acceptors (Lipinski definition) is 2. The van der Waals surface area contributed by atoms with E-state index in [0.29, 0.717) is 0 Å². The topological polar surface area (TPSA) is 55.1 Å². The van der Waals surface area contributed by atoms with Gasteiger partial charge in [-0.25, -0.2) is 0 Å². The van der Waals surface area contributed by atoms with Gasteiger partial charge < -0.3 is 11.1 Å². The summed E-state index contributed by atoms with van der Waals surface area (Å²) in [5.74, 6) is -0.0687. The first kappa shape index (κ1) is 13.7. The number of hydrogen-bond donors (Lipinski definition) is 2. The van der Waals surface area contributed by atoms with E-state index in [-0.39, 0.29) is 11.9 Å². The summed E-state index contributed by atoms with van der Waals surface area (Å²) in [7, 11) is 0. The third-order valence-electron chi connectivity index (χ3n) is 2.84. The van der Waals surface area contributed by atoms with Crippen molar-refractivity contribution in [2.75, 3.05) is 0 Å². The fraction of sp³-hybridized carbons (Fsp3) is 0.500. The minimum atomic E-state index is -0.396. The van der Waals surface area contributed by atoms with Crippen LogP contribution in [0.1, 0.15) is 43.9 Å². The molecule has 1 rings (SSSR count). The van der Waals surface area contributed by atoms with Gasteiger partial charge in [0.2, 0.25) is 5.91 Å². The Labute approximate surface area is 103 Å². The van der Waals surface area contributed by atoms with Gasteiger partial charge in [-0.15, -0.1) is 0 Å². The van der Waals surface area contributed by atoms with Gasteiger partial charge in [0.05, 0.1) is 12.1 Å². The summed E-state index contributed by atoms with van der Waals surface area (Å²) >= 11 is 0. The highest BCUT2D eigenvalue weighted by Crippen LogP contribution is 2.13. The molecular weight excluding hydrogens is 212 g/mol. The maximum absolute atomic E-state index is 11.8. The molecule has 3 N–H and O–H groups in total. The molecule has 0 aromatic heterocycles. The van der Waals surface area contributed by atoms with Crippen LogP contribution in [0.4, 0.5) is 0 Å². The highest BCUT2D eigenvalue weighted by atomic mass is 16.2. The molecule has 3 heteroatoms. The van der Waals surface area contributed by atoms with E-state index >= 15 is 0 Å². The Balaban J connectivity index is 2.60. The first-order chi connectivity index (χ1) is 8.04. The number of rotatable bonds is 5. The molecule has 3 nitrogen and oxygen atoms in total. The Morgan fingerprint density at radius 2 is 2.18 bits per heavy atom. The summed E-state index contributed by atoms with van der Waals surface area (Å²) in [5.41, 5.74) is 8.08. The number of nitrogens with two attached hydrogens (primary N) is 1. The molecule has 94 valence electrons. The molecule has 0 saturated heterocycles. The van der Waals surface area contributed by atoms with Crippen molar-refractivity contribution in [3.63, 3.8) is 0 Å². The van der Waals surface area contributed by atoms with E-state index in [9.17, 15) is 4.79 Å². The van der Waals surface area contributed by atoms with Crippen LogP contribution in [0, 0.1) is 6.92 Å². The third-order valence-corrected chi connectivity index (χ3v) is 2.84. The zero-order valence-electron chi connectivity index (χ0n) is 10.9. The van der Waals surface area contributed by atoms with Crippen molar-refractivity contribution in [2.24, 2.45) is 5.73 Å². The summed E-state index contributed by atoms with van der Waals surface area (Å²) in [6.45, 7) is 6.04. The Morgan fingerprint density at radius 1 is 1.47 bits per heavy atom. The predicted molar refractivity (Wildman–Crippen MR) is 70.6 cm³/mol. The van der Waals surface area contributed by atoms with Gasteiger partial charge in [-0.1, -0.05) is 43.2 Å². The standard InChI is InChI=1S/C14H22N2O/c1-4-6-13(15)14(17)16-11(3)12-8-5-7-10(2)9-12/h5,7-9,11,13H,4,6,15H2,1-3H3,(H,16,17)/t11-,13?/m1/s1. The normalized spacial score (nSPS) is 14.1. The van der Waals surface area contributed by atoms with E-state index in [2.05, 4.69) is 11.4 Å². The second-order valence-electron chi connectivity index (χ2n) is 4.54. The number of carbonyl (C=O) groups excluding carboxylic acids is 1. The van der Waals surface area contributed by atoms with Crippen LogP contribution in [0.25, 0.3) is 0 Å². The van der Waals surface area contributed by atoms with Crippen LogP contribution in [0.5, 0.6) is 0 Å². The van der Waals surface area contributed by atoms with Gasteiger partial charge in [0.1, 0.15) is 0 Å². The van der Waals surface area contributed by atoms with Crippen molar-refractivity contribution in [2.45, 2.75) is 45.7 Å². The number of aryl methyl sites for hydroxylation is 1. The lowest BCUT2D eigenvalue weighted by molar-refractivity contribution is -0.123. The summed E-state index contributed by atoms with van der Waals surface area (Å²) in [5, 5.41) is 2.94. The quantitative estimate of drug-likeness (QED) is 0.821. The SMILES string of the molecule is CCCC(N)C(=O)N[C@H](C)c1cccc(C)c1. The second-order valence-corrected chi connectivity index (χ2v) is 4.54. The van der Waals surface area contributed by atoms with Crippen LogP contribution in [0.2, 0.25) is 0 Å². The fourth-order valence-electron chi connectivity index (χ4n) is 1.79. The lowest BCUT2D eigenvalue weighted by atomic mass is 10.0. The molecular formula is C14H22N2O. The maximum atomic E-state index is 11.8. The van der Waals surface area contributed by atoms with Crippen LogP contribution in [0.3, 0.4) is 0 Å². The minimum absolute atomic E-state index is 0.00491. The summed E-state index contributed by atoms with van der Waals surface area (Å²) in [6.07, 6.45) is 1.65. The molecule has 1 aromatic rings. The lowest BCUT2D eigenvalue weighted by Crippen LogP contribution is -2.41. The van der Waals surface area contributed by atoms with Gasteiger partial charge in [0, 0.05) is 0 Å². The average Bonchev–Trinajstić information content (AvgIpc) is 2.29. The van der Waals surface area contributed by atoms with Crippen LogP contribution in [-0.2, 0) is 4.79 Å². The predicted octanol–water partition coefficient (Wildman–Crippen LogP) is 2.30. The summed E-state index contributed by atoms with van der Waals surface area (Å²) < 4.78 is 0. The van der Waals surface area contributed by atoms with Crippen molar-refractivity contribution in [3.05, 3.63) is 35.4 Å². The van der Waals surface area contributed by atoms with Gasteiger partial charge in [-0.2, -0.15) is 0 Å². The molecule has 0 fully saturated rings. The first-order valence-electron chi connectivity index (χ1n) is 6.17. The number of amides is 1. The Morgan fingerprint density at radius 3 is 2.76 bits per heavy atom. The zero-order valence-corrected chi connectivity index (χ0v) is 10.9. The summed E-state index contributed by atoms with van der Waals surface area (Å²) in [6, 6.07) is 7.75. The van der Waals surface area contributed by atoms with Gasteiger partial charge >= 0.3 is 0 Å². The molecule has 0 heterocycles. The van der Waals surface area contributed by atoms with E-state index in [1.165, 1.54) is 5.56 Å². The molecule has 0 bridgehead atoms. The largest absolute Gasteiger partial charge is 0.348 e. The molecule has 2 atom stereocenters. The highest BCUT2D eigenvalue weighted by molar-refractivity contribution is 5.81. The second kappa shape index (κ2) is 6.40. The van der Waals surface area contributed by atoms with Crippen molar-refractivity contribution in [3.8, 4) is 0 Å². The molecule has 1 aromatic carbocycles. The molecule has 1 unspecified atom stereocenters. The van der Waals surface area contributed by atoms with E-state index in [1.807, 2.05) is 39.0 Å². The van der Waals surface area contributed by atoms with Crippen LogP contribution in [0.15, 0.2) is 24.3 Å². The van der Waals surface area contributed by atoms with E-state index < -0.39 is 6.04 Å². The Hall–Kier alpha value is -1.35. The number of carbonyl (C=O) groups is 1. The molecule has 0 aliphatic rings. The molecule has 0 radical (unpaired) electrons. The molecule has 0 aliphatic carbocycles. The number of benzene rings is 1. The minimum Gasteiger partial charge on any atom is -0.348 e. The Kier molecular flexibility index (Phi) is 5.16. The zero-order chi connectivity index (χ0) is 12.8. The maximum Gasteiger partial charge on any atom is 0.237 e. The average molecular weight is 234 g/mol. The van der Waals surface area contributed by atoms with Crippen LogP contribution < -0.4 is 11.1 Å². The highest BCUT2D eigenvalue weighted by Gasteiger charge is 2.15. The third kappa shape index (κ3) is 4.19. The fourth-order valence-corrected chi connectivity index (χ4v) is 1.79.